The van der Waals surface area contributed by atoms with E-state index in [0.29, 0.717) is 21.1 Å². The van der Waals surface area contributed by atoms with E-state index < -0.39 is 0 Å². The number of aliphatic hydroxyl groups excluding tert-OH is 1. The molecule has 0 unspecified atom stereocenters. The highest BCUT2D eigenvalue weighted by molar-refractivity contribution is 7.99. The molecule has 36 heavy (non-hydrogen) atoms. The van der Waals surface area contributed by atoms with Crippen molar-refractivity contribution in [1.29, 1.82) is 5.26 Å². The van der Waals surface area contributed by atoms with Gasteiger partial charge in [-0.05, 0) is 41.8 Å². The molecular formula is C28H22N4O2S2. The van der Waals surface area contributed by atoms with Crippen LogP contribution in [0.4, 0.5) is 0 Å². The number of rotatable bonds is 6. The number of aliphatic hydroxyl groups is 1. The summed E-state index contributed by atoms with van der Waals surface area (Å²) in [5.74, 6) is 0.149. The summed E-state index contributed by atoms with van der Waals surface area (Å²) in [7, 11) is 0. The number of thiazole rings is 1. The maximum Gasteiger partial charge on any atom is 0.266 e. The lowest BCUT2D eigenvalue weighted by atomic mass is 10.0. The van der Waals surface area contributed by atoms with Gasteiger partial charge in [0.1, 0.15) is 22.4 Å². The van der Waals surface area contributed by atoms with E-state index in [0.717, 1.165) is 21.5 Å². The normalized spacial score (nSPS) is 12.2. The molecule has 178 valence electrons. The van der Waals surface area contributed by atoms with Gasteiger partial charge in [0.2, 0.25) is 0 Å². The zero-order valence-corrected chi connectivity index (χ0v) is 21.3. The van der Waals surface area contributed by atoms with Crippen molar-refractivity contribution in [2.75, 3.05) is 5.75 Å². The Morgan fingerprint density at radius 1 is 1.03 bits per heavy atom. The van der Waals surface area contributed by atoms with E-state index in [9.17, 15) is 15.2 Å². The number of thioether (sulfide) groups is 1. The van der Waals surface area contributed by atoms with Crippen LogP contribution in [0.5, 0.6) is 0 Å². The van der Waals surface area contributed by atoms with E-state index in [1.807, 2.05) is 60.7 Å². The fourth-order valence-electron chi connectivity index (χ4n) is 4.02. The van der Waals surface area contributed by atoms with Crippen LogP contribution >= 0.6 is 23.1 Å². The lowest BCUT2D eigenvalue weighted by Gasteiger charge is -2.18. The lowest BCUT2D eigenvalue weighted by molar-refractivity contribution is 0.420. The van der Waals surface area contributed by atoms with Crippen molar-refractivity contribution in [2.45, 2.75) is 24.9 Å². The van der Waals surface area contributed by atoms with E-state index in [4.69, 9.17) is 4.98 Å². The number of allylic oxidation sites excluding steroid dienone is 1. The molecule has 0 aliphatic carbocycles. The Labute approximate surface area is 216 Å². The van der Waals surface area contributed by atoms with Crippen LogP contribution in [-0.2, 0) is 0 Å². The van der Waals surface area contributed by atoms with Gasteiger partial charge in [-0.25, -0.2) is 9.97 Å². The topological polar surface area (TPSA) is 91.8 Å². The Kier molecular flexibility index (Phi) is 6.59. The molecule has 0 saturated carbocycles. The molecule has 5 aromatic rings. The second-order valence-corrected chi connectivity index (χ2v) is 10.4. The summed E-state index contributed by atoms with van der Waals surface area (Å²) in [6.45, 7) is 4.16. The Hall–Kier alpha value is -3.93. The van der Waals surface area contributed by atoms with Crippen molar-refractivity contribution in [1.82, 2.24) is 14.5 Å². The van der Waals surface area contributed by atoms with Crippen LogP contribution in [0.25, 0.3) is 32.4 Å². The van der Waals surface area contributed by atoms with Gasteiger partial charge in [0.25, 0.3) is 5.56 Å². The minimum atomic E-state index is -0.175. The predicted molar refractivity (Wildman–Crippen MR) is 147 cm³/mol. The molecule has 2 heterocycles. The number of para-hydroxylation sites is 3. The van der Waals surface area contributed by atoms with E-state index in [1.165, 1.54) is 23.1 Å². The van der Waals surface area contributed by atoms with E-state index in [2.05, 4.69) is 24.9 Å². The number of fused-ring (bicyclic) bond motifs is 2. The van der Waals surface area contributed by atoms with Crippen LogP contribution < -0.4 is 5.56 Å². The number of nitrogens with zero attached hydrogens (tertiary/aromatic N) is 4. The van der Waals surface area contributed by atoms with Crippen LogP contribution in [0.1, 0.15) is 30.3 Å². The maximum absolute atomic E-state index is 13.7. The van der Waals surface area contributed by atoms with Gasteiger partial charge in [-0.2, -0.15) is 5.26 Å². The van der Waals surface area contributed by atoms with Crippen molar-refractivity contribution in [3.8, 4) is 11.8 Å². The van der Waals surface area contributed by atoms with Crippen LogP contribution in [0.3, 0.4) is 0 Å². The minimum Gasteiger partial charge on any atom is -0.510 e. The first kappa shape index (κ1) is 23.8. The highest BCUT2D eigenvalue weighted by atomic mass is 32.2. The number of hydrogen-bond donors (Lipinski definition) is 1. The molecule has 3 aromatic carbocycles. The van der Waals surface area contributed by atoms with Gasteiger partial charge in [-0.1, -0.05) is 68.1 Å². The third-order valence-electron chi connectivity index (χ3n) is 5.79. The van der Waals surface area contributed by atoms with Crippen LogP contribution in [-0.4, -0.2) is 25.4 Å². The molecule has 0 fully saturated rings. The van der Waals surface area contributed by atoms with E-state index in [1.54, 1.807) is 16.7 Å². The van der Waals surface area contributed by atoms with Crippen LogP contribution in [0, 0.1) is 11.3 Å². The Balaban J connectivity index is 1.60. The summed E-state index contributed by atoms with van der Waals surface area (Å²) in [5.41, 5.74) is 3.09. The number of aromatic nitrogens is 3. The summed E-state index contributed by atoms with van der Waals surface area (Å²) >= 11 is 2.57. The van der Waals surface area contributed by atoms with Crippen molar-refractivity contribution < 1.29 is 5.11 Å². The van der Waals surface area contributed by atoms with Crippen molar-refractivity contribution >= 4 is 49.8 Å². The highest BCUT2D eigenvalue weighted by Gasteiger charge is 2.19. The monoisotopic (exact) mass is 510 g/mol. The van der Waals surface area contributed by atoms with Gasteiger partial charge in [0, 0.05) is 0 Å². The molecule has 0 radical (unpaired) electrons. The first-order valence-electron chi connectivity index (χ1n) is 11.4. The smallest absolute Gasteiger partial charge is 0.266 e. The fraction of sp³-hybridized carbons (Fsp3) is 0.143. The number of nitriles is 1. The Bertz CT molecular complexity index is 1690. The highest BCUT2D eigenvalue weighted by Crippen LogP contribution is 2.31. The van der Waals surface area contributed by atoms with Gasteiger partial charge in [-0.3, -0.25) is 9.36 Å². The predicted octanol–water partition coefficient (Wildman–Crippen LogP) is 6.70. The Morgan fingerprint density at radius 3 is 2.47 bits per heavy atom. The van der Waals surface area contributed by atoms with Gasteiger partial charge in [-0.15, -0.1) is 11.3 Å². The summed E-state index contributed by atoms with van der Waals surface area (Å²) in [4.78, 5) is 22.9. The molecule has 0 bridgehead atoms. The fourth-order valence-corrected chi connectivity index (χ4v) is 5.89. The summed E-state index contributed by atoms with van der Waals surface area (Å²) in [5, 5.41) is 22.2. The second-order valence-electron chi connectivity index (χ2n) is 8.47. The molecule has 0 saturated heterocycles. The molecule has 0 aliphatic heterocycles. The number of hydrogen-bond acceptors (Lipinski definition) is 7. The lowest BCUT2D eigenvalue weighted by Crippen LogP contribution is -2.23. The maximum atomic E-state index is 13.7. The zero-order chi connectivity index (χ0) is 25.2. The molecule has 6 nitrogen and oxygen atoms in total. The second kappa shape index (κ2) is 9.97. The van der Waals surface area contributed by atoms with Crippen molar-refractivity contribution in [3.63, 3.8) is 0 Å². The zero-order valence-electron chi connectivity index (χ0n) is 19.7. The van der Waals surface area contributed by atoms with Gasteiger partial charge < -0.3 is 5.11 Å². The van der Waals surface area contributed by atoms with E-state index in [-0.39, 0.29) is 28.6 Å². The van der Waals surface area contributed by atoms with E-state index >= 15 is 0 Å². The van der Waals surface area contributed by atoms with Crippen molar-refractivity contribution in [3.05, 3.63) is 99.5 Å². The molecular weight excluding hydrogens is 488 g/mol. The molecule has 0 aliphatic rings. The summed E-state index contributed by atoms with van der Waals surface area (Å²) in [6.07, 6.45) is 0. The SMILES string of the molecule is CC(C)c1ccccc1-n1c(SC/C(O)=C(/C#N)c2nc3ccccc3s2)nc2ccccc2c1=O. The minimum absolute atomic E-state index is 0.0629. The molecule has 2 aromatic heterocycles. The first-order chi connectivity index (χ1) is 17.5. The molecule has 5 rings (SSSR count). The molecule has 8 heteroatoms. The molecule has 0 spiro atoms. The molecule has 0 atom stereocenters. The third-order valence-corrected chi connectivity index (χ3v) is 7.79. The first-order valence-corrected chi connectivity index (χ1v) is 13.2. The third kappa shape index (κ3) is 4.39. The average Bonchev–Trinajstić information content (AvgIpc) is 3.32. The van der Waals surface area contributed by atoms with Crippen molar-refractivity contribution in [2.24, 2.45) is 0 Å². The average molecular weight is 511 g/mol. The molecule has 1 N–H and O–H groups in total. The standard InChI is InChI=1S/C28H22N4O2S2/c1-17(2)18-9-4-7-13-23(18)32-27(34)19-10-3-5-11-21(19)31-28(32)35-16-24(33)20(15-29)26-30-22-12-6-8-14-25(22)36-26/h3-14,17,33H,16H2,1-2H3/b24-20+. The van der Waals surface area contributed by atoms with Gasteiger partial charge in [0.15, 0.2) is 5.16 Å². The molecule has 0 amide bonds. The van der Waals surface area contributed by atoms with Gasteiger partial charge >= 0.3 is 0 Å². The quantitative estimate of drug-likeness (QED) is 0.118. The Morgan fingerprint density at radius 2 is 1.72 bits per heavy atom. The summed E-state index contributed by atoms with van der Waals surface area (Å²) in [6, 6.07) is 24.7. The largest absolute Gasteiger partial charge is 0.510 e. The van der Waals surface area contributed by atoms with Gasteiger partial charge in [0.05, 0.1) is 32.6 Å². The van der Waals surface area contributed by atoms with Crippen LogP contribution in [0.15, 0.2) is 88.5 Å². The van der Waals surface area contributed by atoms with Crippen LogP contribution in [0.2, 0.25) is 0 Å². The summed E-state index contributed by atoms with van der Waals surface area (Å²) < 4.78 is 2.55. The number of benzene rings is 3.